The molecule has 1 saturated heterocycles. The van der Waals surface area contributed by atoms with Crippen molar-refractivity contribution in [1.82, 2.24) is 14.9 Å². The minimum atomic E-state index is -3.82. The number of likely N-dealkylation sites (N-methyl/N-ethyl adjacent to an activating group) is 1. The van der Waals surface area contributed by atoms with Gasteiger partial charge in [0, 0.05) is 12.6 Å². The predicted octanol–water partition coefficient (Wildman–Crippen LogP) is 3.13. The van der Waals surface area contributed by atoms with Gasteiger partial charge in [0.1, 0.15) is 10.3 Å². The number of benzene rings is 1. The minimum absolute atomic E-state index is 0.168. The molecule has 2 atom stereocenters. The zero-order valence-corrected chi connectivity index (χ0v) is 18.8. The number of carbonyl (C=O) groups excluding carboxylic acids is 1. The third-order valence-corrected chi connectivity index (χ3v) is 8.44. The molecule has 0 saturated carbocycles. The van der Waals surface area contributed by atoms with Gasteiger partial charge in [0.25, 0.3) is 10.0 Å². The van der Waals surface area contributed by atoms with E-state index in [4.69, 9.17) is 0 Å². The quantitative estimate of drug-likeness (QED) is 0.601. The lowest BCUT2D eigenvalue weighted by Crippen LogP contribution is -2.45. The van der Waals surface area contributed by atoms with E-state index < -0.39 is 16.1 Å². The molecule has 0 spiro atoms. The zero-order chi connectivity index (χ0) is 20.1. The Bertz CT molecular complexity index is 902. The van der Waals surface area contributed by atoms with Crippen molar-refractivity contribution in [3.05, 3.63) is 51.8 Å². The number of hydrogen-bond donors (Lipinski definition) is 2. The van der Waals surface area contributed by atoms with E-state index in [0.717, 1.165) is 41.1 Å². The lowest BCUT2D eigenvalue weighted by molar-refractivity contribution is -0.123. The number of carbonyl (C=O) groups is 1. The first-order chi connectivity index (χ1) is 13.4. The summed E-state index contributed by atoms with van der Waals surface area (Å²) in [6, 6.07) is 11.4. The van der Waals surface area contributed by atoms with Crippen LogP contribution in [0.1, 0.15) is 31.4 Å². The summed E-state index contributed by atoms with van der Waals surface area (Å²) in [5.41, 5.74) is 0.609. The highest BCUT2D eigenvalue weighted by molar-refractivity contribution is 9.11. The molecule has 1 amide bonds. The first-order valence-electron chi connectivity index (χ1n) is 9.25. The molecule has 0 bridgehead atoms. The van der Waals surface area contributed by atoms with Crippen LogP contribution in [0.5, 0.6) is 0 Å². The van der Waals surface area contributed by atoms with Crippen LogP contribution < -0.4 is 10.0 Å². The van der Waals surface area contributed by atoms with Gasteiger partial charge >= 0.3 is 0 Å². The molecule has 3 rings (SSSR count). The normalized spacial score (nSPS) is 18.9. The number of halogens is 1. The van der Waals surface area contributed by atoms with Crippen molar-refractivity contribution in [1.29, 1.82) is 0 Å². The van der Waals surface area contributed by atoms with Crippen LogP contribution in [0.3, 0.4) is 0 Å². The molecule has 1 fully saturated rings. The van der Waals surface area contributed by atoms with E-state index in [1.54, 1.807) is 30.3 Å². The number of thiophene rings is 1. The maximum atomic E-state index is 12.9. The predicted molar refractivity (Wildman–Crippen MR) is 115 cm³/mol. The SMILES string of the molecule is CCN1CCCC1CNC(=O)C(NS(=O)(=O)c1ccc(Br)s1)c1ccccc1. The van der Waals surface area contributed by atoms with Gasteiger partial charge in [-0.05, 0) is 59.6 Å². The second-order valence-corrected chi connectivity index (χ2v) is 11.1. The van der Waals surface area contributed by atoms with Crippen molar-refractivity contribution in [3.8, 4) is 0 Å². The second kappa shape index (κ2) is 9.49. The molecular weight excluding hydrogens is 462 g/mol. The molecule has 0 radical (unpaired) electrons. The lowest BCUT2D eigenvalue weighted by Gasteiger charge is -2.24. The van der Waals surface area contributed by atoms with Crippen molar-refractivity contribution in [2.24, 2.45) is 0 Å². The number of amides is 1. The Morgan fingerprint density at radius 3 is 2.68 bits per heavy atom. The van der Waals surface area contributed by atoms with Crippen LogP contribution in [0.25, 0.3) is 0 Å². The summed E-state index contributed by atoms with van der Waals surface area (Å²) in [4.78, 5) is 15.3. The monoisotopic (exact) mass is 485 g/mol. The summed E-state index contributed by atoms with van der Waals surface area (Å²) < 4.78 is 29.0. The maximum Gasteiger partial charge on any atom is 0.251 e. The van der Waals surface area contributed by atoms with Crippen molar-refractivity contribution < 1.29 is 13.2 Å². The van der Waals surface area contributed by atoms with Gasteiger partial charge < -0.3 is 5.32 Å². The first kappa shape index (κ1) is 21.4. The number of likely N-dealkylation sites (tertiary alicyclic amines) is 1. The summed E-state index contributed by atoms with van der Waals surface area (Å²) in [6.45, 7) is 4.62. The zero-order valence-electron chi connectivity index (χ0n) is 15.6. The summed E-state index contributed by atoms with van der Waals surface area (Å²) in [6.07, 6.45) is 2.16. The molecule has 9 heteroatoms. The van der Waals surface area contributed by atoms with Gasteiger partial charge in [0.05, 0.1) is 3.79 Å². The first-order valence-corrected chi connectivity index (χ1v) is 12.3. The highest BCUT2D eigenvalue weighted by atomic mass is 79.9. The Morgan fingerprint density at radius 2 is 2.04 bits per heavy atom. The van der Waals surface area contributed by atoms with Crippen molar-refractivity contribution in [2.75, 3.05) is 19.6 Å². The molecule has 2 unspecified atom stereocenters. The van der Waals surface area contributed by atoms with Crippen LogP contribution >= 0.6 is 27.3 Å². The Morgan fingerprint density at radius 1 is 1.29 bits per heavy atom. The lowest BCUT2D eigenvalue weighted by atomic mass is 10.1. The number of rotatable bonds is 8. The summed E-state index contributed by atoms with van der Waals surface area (Å²) >= 11 is 4.39. The van der Waals surface area contributed by atoms with E-state index in [-0.39, 0.29) is 10.1 Å². The molecule has 1 aliphatic rings. The maximum absolute atomic E-state index is 12.9. The topological polar surface area (TPSA) is 78.5 Å². The largest absolute Gasteiger partial charge is 0.353 e. The van der Waals surface area contributed by atoms with Crippen molar-refractivity contribution in [2.45, 2.75) is 36.1 Å². The van der Waals surface area contributed by atoms with Crippen LogP contribution in [-0.2, 0) is 14.8 Å². The van der Waals surface area contributed by atoms with Gasteiger partial charge in [-0.25, -0.2) is 8.42 Å². The third kappa shape index (κ3) is 5.21. The van der Waals surface area contributed by atoms with Crippen LogP contribution in [-0.4, -0.2) is 44.9 Å². The van der Waals surface area contributed by atoms with Crippen molar-refractivity contribution in [3.63, 3.8) is 0 Å². The van der Waals surface area contributed by atoms with Gasteiger partial charge in [0.2, 0.25) is 5.91 Å². The van der Waals surface area contributed by atoms with Crippen LogP contribution in [0.2, 0.25) is 0 Å². The summed E-state index contributed by atoms with van der Waals surface area (Å²) in [7, 11) is -3.82. The molecule has 152 valence electrons. The Balaban J connectivity index is 1.76. The highest BCUT2D eigenvalue weighted by Gasteiger charge is 2.30. The van der Waals surface area contributed by atoms with E-state index in [1.807, 2.05) is 6.07 Å². The van der Waals surface area contributed by atoms with E-state index in [9.17, 15) is 13.2 Å². The number of hydrogen-bond acceptors (Lipinski definition) is 5. The van der Waals surface area contributed by atoms with Gasteiger partial charge in [-0.3, -0.25) is 9.69 Å². The van der Waals surface area contributed by atoms with E-state index in [0.29, 0.717) is 18.2 Å². The van der Waals surface area contributed by atoms with E-state index in [2.05, 4.69) is 37.8 Å². The van der Waals surface area contributed by atoms with Crippen LogP contribution in [0, 0.1) is 0 Å². The number of nitrogens with zero attached hydrogens (tertiary/aromatic N) is 1. The number of nitrogens with one attached hydrogen (secondary N) is 2. The van der Waals surface area contributed by atoms with Crippen LogP contribution in [0.15, 0.2) is 50.5 Å². The molecule has 28 heavy (non-hydrogen) atoms. The Kier molecular flexibility index (Phi) is 7.27. The molecule has 1 aromatic heterocycles. The molecule has 1 aromatic carbocycles. The van der Waals surface area contributed by atoms with E-state index in [1.165, 1.54) is 6.07 Å². The fraction of sp³-hybridized carbons (Fsp3) is 0.421. The fourth-order valence-electron chi connectivity index (χ4n) is 3.44. The fourth-order valence-corrected chi connectivity index (χ4v) is 6.65. The molecule has 1 aliphatic heterocycles. The van der Waals surface area contributed by atoms with Gasteiger partial charge in [-0.2, -0.15) is 4.72 Å². The average Bonchev–Trinajstić information content (AvgIpc) is 3.33. The molecule has 6 nitrogen and oxygen atoms in total. The molecule has 2 aromatic rings. The molecular formula is C19H24BrN3O3S2. The van der Waals surface area contributed by atoms with Gasteiger partial charge in [-0.1, -0.05) is 37.3 Å². The summed E-state index contributed by atoms with van der Waals surface area (Å²) in [5, 5.41) is 2.95. The molecule has 2 heterocycles. The smallest absolute Gasteiger partial charge is 0.251 e. The number of sulfonamides is 1. The van der Waals surface area contributed by atoms with Gasteiger partial charge in [0.15, 0.2) is 0 Å². The van der Waals surface area contributed by atoms with Gasteiger partial charge in [-0.15, -0.1) is 11.3 Å². The highest BCUT2D eigenvalue weighted by Crippen LogP contribution is 2.27. The molecule has 0 aliphatic carbocycles. The Labute approximate surface area is 178 Å². The van der Waals surface area contributed by atoms with Crippen molar-refractivity contribution >= 4 is 43.2 Å². The van der Waals surface area contributed by atoms with E-state index >= 15 is 0 Å². The minimum Gasteiger partial charge on any atom is -0.353 e. The molecule has 2 N–H and O–H groups in total. The third-order valence-electron chi connectivity index (χ3n) is 4.90. The average molecular weight is 486 g/mol. The van der Waals surface area contributed by atoms with Crippen LogP contribution in [0.4, 0.5) is 0 Å². The summed E-state index contributed by atoms with van der Waals surface area (Å²) in [5.74, 6) is -0.339. The standard InChI is InChI=1S/C19H24BrN3O3S2/c1-2-23-12-6-9-15(23)13-21-19(24)18(14-7-4-3-5-8-14)22-28(25,26)17-11-10-16(20)27-17/h3-5,7-8,10-11,15,18,22H,2,6,9,12-13H2,1H3,(H,21,24). The second-order valence-electron chi connectivity index (χ2n) is 6.69. The Hall–Kier alpha value is -1.26.